The molecule has 3 aromatic rings. The Balaban J connectivity index is 1.94. The molecule has 0 aliphatic heterocycles. The van der Waals surface area contributed by atoms with Crippen LogP contribution in [-0.2, 0) is 0 Å². The standard InChI is InChI=1S/C21H17BrClN/c22-19-9-5-16(6-10-19)15-1-3-17(4-2-15)21(13-14-24)18-7-11-20(23)12-8-18/h1-13H,14,24H2. The van der Waals surface area contributed by atoms with Gasteiger partial charge in [0.2, 0.25) is 0 Å². The monoisotopic (exact) mass is 397 g/mol. The molecule has 3 rings (SSSR count). The molecule has 0 bridgehead atoms. The summed E-state index contributed by atoms with van der Waals surface area (Å²) in [4.78, 5) is 0. The minimum absolute atomic E-state index is 0.492. The molecule has 0 radical (unpaired) electrons. The van der Waals surface area contributed by atoms with E-state index >= 15 is 0 Å². The predicted molar refractivity (Wildman–Crippen MR) is 107 cm³/mol. The van der Waals surface area contributed by atoms with Crippen molar-refractivity contribution < 1.29 is 0 Å². The number of halogens is 2. The van der Waals surface area contributed by atoms with Gasteiger partial charge < -0.3 is 5.73 Å². The first kappa shape index (κ1) is 17.0. The Labute approximate surface area is 155 Å². The van der Waals surface area contributed by atoms with Crippen LogP contribution in [0, 0.1) is 0 Å². The summed E-state index contributed by atoms with van der Waals surface area (Å²) in [7, 11) is 0. The molecule has 2 N–H and O–H groups in total. The number of nitrogens with two attached hydrogens (primary N) is 1. The van der Waals surface area contributed by atoms with E-state index in [9.17, 15) is 0 Å². The fraction of sp³-hybridized carbons (Fsp3) is 0.0476. The summed E-state index contributed by atoms with van der Waals surface area (Å²) in [5.74, 6) is 0. The van der Waals surface area contributed by atoms with E-state index in [1.165, 1.54) is 11.1 Å². The normalized spacial score (nSPS) is 11.5. The maximum Gasteiger partial charge on any atom is 0.0406 e. The Morgan fingerprint density at radius 3 is 1.75 bits per heavy atom. The molecule has 0 atom stereocenters. The summed E-state index contributed by atoms with van der Waals surface area (Å²) in [5, 5.41) is 0.733. The molecule has 0 amide bonds. The van der Waals surface area contributed by atoms with Crippen molar-refractivity contribution in [3.05, 3.63) is 99.5 Å². The van der Waals surface area contributed by atoms with Crippen LogP contribution in [0.3, 0.4) is 0 Å². The molecular weight excluding hydrogens is 382 g/mol. The SMILES string of the molecule is NCC=C(c1ccc(Cl)cc1)c1ccc(-c2ccc(Br)cc2)cc1. The van der Waals surface area contributed by atoms with Gasteiger partial charge in [0.05, 0.1) is 0 Å². The largest absolute Gasteiger partial charge is 0.327 e. The predicted octanol–water partition coefficient (Wildman–Crippen LogP) is 6.16. The second kappa shape index (κ2) is 7.80. The van der Waals surface area contributed by atoms with E-state index in [4.69, 9.17) is 17.3 Å². The smallest absolute Gasteiger partial charge is 0.0406 e. The molecule has 0 fully saturated rings. The van der Waals surface area contributed by atoms with Crippen molar-refractivity contribution in [2.24, 2.45) is 5.73 Å². The van der Waals surface area contributed by atoms with Gasteiger partial charge in [-0.15, -0.1) is 0 Å². The molecule has 0 aliphatic rings. The molecule has 0 aliphatic carbocycles. The number of benzene rings is 3. The van der Waals surface area contributed by atoms with Crippen LogP contribution in [-0.4, -0.2) is 6.54 Å². The van der Waals surface area contributed by atoms with Crippen LogP contribution in [0.25, 0.3) is 16.7 Å². The highest BCUT2D eigenvalue weighted by molar-refractivity contribution is 9.10. The third-order valence-corrected chi connectivity index (χ3v) is 4.63. The summed E-state index contributed by atoms with van der Waals surface area (Å²) < 4.78 is 1.08. The van der Waals surface area contributed by atoms with Gasteiger partial charge in [0.25, 0.3) is 0 Å². The van der Waals surface area contributed by atoms with E-state index in [-0.39, 0.29) is 0 Å². The molecule has 24 heavy (non-hydrogen) atoms. The van der Waals surface area contributed by atoms with Crippen molar-refractivity contribution >= 4 is 33.1 Å². The fourth-order valence-electron chi connectivity index (χ4n) is 2.63. The summed E-state index contributed by atoms with van der Waals surface area (Å²) in [5.41, 5.74) is 11.5. The van der Waals surface area contributed by atoms with E-state index in [0.29, 0.717) is 6.54 Å². The van der Waals surface area contributed by atoms with Gasteiger partial charge in [0.15, 0.2) is 0 Å². The van der Waals surface area contributed by atoms with Crippen molar-refractivity contribution in [2.75, 3.05) is 6.54 Å². The fourth-order valence-corrected chi connectivity index (χ4v) is 3.02. The minimum atomic E-state index is 0.492. The van der Waals surface area contributed by atoms with E-state index in [0.717, 1.165) is 26.2 Å². The average Bonchev–Trinajstić information content (AvgIpc) is 2.62. The van der Waals surface area contributed by atoms with Crippen molar-refractivity contribution in [3.8, 4) is 11.1 Å². The Kier molecular flexibility index (Phi) is 5.52. The molecule has 0 spiro atoms. The number of hydrogen-bond acceptors (Lipinski definition) is 1. The summed E-state index contributed by atoms with van der Waals surface area (Å²) in [6.07, 6.45) is 2.04. The van der Waals surface area contributed by atoms with Gasteiger partial charge in [-0.3, -0.25) is 0 Å². The Hall–Kier alpha value is -1.87. The van der Waals surface area contributed by atoms with Gasteiger partial charge in [0.1, 0.15) is 0 Å². The molecule has 0 unspecified atom stereocenters. The van der Waals surface area contributed by atoms with Crippen LogP contribution in [0.5, 0.6) is 0 Å². The lowest BCUT2D eigenvalue weighted by atomic mass is 9.95. The molecule has 3 aromatic carbocycles. The van der Waals surface area contributed by atoms with Gasteiger partial charge in [0, 0.05) is 16.0 Å². The summed E-state index contributed by atoms with van der Waals surface area (Å²) >= 11 is 9.46. The second-order valence-corrected chi connectivity index (χ2v) is 6.80. The lowest BCUT2D eigenvalue weighted by molar-refractivity contribution is 1.25. The van der Waals surface area contributed by atoms with Crippen molar-refractivity contribution in [2.45, 2.75) is 0 Å². The molecule has 0 saturated carbocycles. The lowest BCUT2D eigenvalue weighted by Gasteiger charge is -2.10. The molecule has 3 heteroatoms. The van der Waals surface area contributed by atoms with E-state index in [2.05, 4.69) is 64.5 Å². The Morgan fingerprint density at radius 1 is 0.792 bits per heavy atom. The maximum atomic E-state index is 5.99. The zero-order valence-electron chi connectivity index (χ0n) is 13.0. The molecule has 0 saturated heterocycles. The van der Waals surface area contributed by atoms with Gasteiger partial charge >= 0.3 is 0 Å². The average molecular weight is 399 g/mol. The highest BCUT2D eigenvalue weighted by atomic mass is 79.9. The van der Waals surface area contributed by atoms with Crippen molar-refractivity contribution in [1.82, 2.24) is 0 Å². The van der Waals surface area contributed by atoms with Crippen LogP contribution in [0.1, 0.15) is 11.1 Å². The van der Waals surface area contributed by atoms with Crippen LogP contribution in [0.15, 0.2) is 83.3 Å². The zero-order valence-corrected chi connectivity index (χ0v) is 15.4. The first-order valence-corrected chi connectivity index (χ1v) is 8.87. The van der Waals surface area contributed by atoms with E-state index in [1.54, 1.807) is 0 Å². The zero-order chi connectivity index (χ0) is 16.9. The first-order chi connectivity index (χ1) is 11.7. The molecule has 0 aromatic heterocycles. The molecular formula is C21H17BrClN. The second-order valence-electron chi connectivity index (χ2n) is 5.44. The maximum absolute atomic E-state index is 5.99. The van der Waals surface area contributed by atoms with Crippen LogP contribution >= 0.6 is 27.5 Å². The van der Waals surface area contributed by atoms with Crippen LogP contribution in [0.4, 0.5) is 0 Å². The van der Waals surface area contributed by atoms with Crippen molar-refractivity contribution in [1.29, 1.82) is 0 Å². The lowest BCUT2D eigenvalue weighted by Crippen LogP contribution is -1.97. The number of rotatable bonds is 4. The van der Waals surface area contributed by atoms with Gasteiger partial charge in [-0.05, 0) is 52.1 Å². The highest BCUT2D eigenvalue weighted by Crippen LogP contribution is 2.28. The molecule has 1 nitrogen and oxygen atoms in total. The summed E-state index contributed by atoms with van der Waals surface area (Å²) in [6, 6.07) is 24.7. The van der Waals surface area contributed by atoms with Gasteiger partial charge in [-0.1, -0.05) is 82.1 Å². The van der Waals surface area contributed by atoms with Crippen LogP contribution < -0.4 is 5.73 Å². The van der Waals surface area contributed by atoms with Gasteiger partial charge in [-0.2, -0.15) is 0 Å². The Morgan fingerprint density at radius 2 is 1.25 bits per heavy atom. The minimum Gasteiger partial charge on any atom is -0.327 e. The molecule has 120 valence electrons. The Bertz CT molecular complexity index is 835. The van der Waals surface area contributed by atoms with E-state index < -0.39 is 0 Å². The van der Waals surface area contributed by atoms with E-state index in [1.807, 2.05) is 30.3 Å². The van der Waals surface area contributed by atoms with Gasteiger partial charge in [-0.25, -0.2) is 0 Å². The quantitative estimate of drug-likeness (QED) is 0.559. The van der Waals surface area contributed by atoms with Crippen molar-refractivity contribution in [3.63, 3.8) is 0 Å². The first-order valence-electron chi connectivity index (χ1n) is 7.70. The van der Waals surface area contributed by atoms with Crippen LogP contribution in [0.2, 0.25) is 5.02 Å². The number of hydrogen-bond donors (Lipinski definition) is 1. The topological polar surface area (TPSA) is 26.0 Å². The highest BCUT2D eigenvalue weighted by Gasteiger charge is 2.06. The third-order valence-electron chi connectivity index (χ3n) is 3.85. The molecule has 0 heterocycles. The summed E-state index contributed by atoms with van der Waals surface area (Å²) in [6.45, 7) is 0.492. The third kappa shape index (κ3) is 3.96.